The van der Waals surface area contributed by atoms with Gasteiger partial charge in [-0.05, 0) is 46.4 Å². The zero-order valence-corrected chi connectivity index (χ0v) is 19.9. The van der Waals surface area contributed by atoms with Crippen LogP contribution >= 0.6 is 0 Å². The first-order chi connectivity index (χ1) is 17.0. The van der Waals surface area contributed by atoms with Crippen LogP contribution in [0.3, 0.4) is 0 Å². The van der Waals surface area contributed by atoms with Crippen molar-refractivity contribution >= 4 is 28.3 Å². The van der Waals surface area contributed by atoms with Gasteiger partial charge in [0.05, 0.1) is 12.1 Å². The maximum atomic E-state index is 13.9. The van der Waals surface area contributed by atoms with Crippen molar-refractivity contribution in [3.8, 4) is 0 Å². The van der Waals surface area contributed by atoms with Crippen molar-refractivity contribution in [1.29, 1.82) is 0 Å². The van der Waals surface area contributed by atoms with E-state index in [1.54, 1.807) is 11.9 Å². The van der Waals surface area contributed by atoms with Gasteiger partial charge in [0.15, 0.2) is 0 Å². The Morgan fingerprint density at radius 3 is 2.34 bits per heavy atom. The molecule has 2 saturated heterocycles. The number of nitrogens with zero attached hydrogens (tertiary/aromatic N) is 3. The fourth-order valence-corrected chi connectivity index (χ4v) is 7.22. The van der Waals surface area contributed by atoms with Crippen LogP contribution in [-0.4, -0.2) is 59.4 Å². The molecule has 7 rings (SSSR count). The number of anilines is 1. The first-order valence-electron chi connectivity index (χ1n) is 12.6. The second-order valence-electron chi connectivity index (χ2n) is 10.7. The molecule has 6 nitrogen and oxygen atoms in total. The summed E-state index contributed by atoms with van der Waals surface area (Å²) in [6.07, 6.45) is 1.40. The normalized spacial score (nSPS) is 28.6. The molecule has 3 aliphatic heterocycles. The Hall–Kier alpha value is -3.22. The third kappa shape index (κ3) is 2.78. The number of likely N-dealkylation sites (tertiary alicyclic amines) is 2. The Kier molecular flexibility index (Phi) is 4.45. The first-order valence-corrected chi connectivity index (χ1v) is 12.6. The molecule has 3 atom stereocenters. The molecule has 0 bridgehead atoms. The standard InChI is InChI=1S/C29H29N3O3/c1-30-17-29(16-24(30)33)22-10-2-3-11-23(22)32(28(29)35)19-12-14-31(15-13-19)26-20-8-4-6-18-7-5-9-21(25(18)20)27(26)34/h2-11,19,26-27,34H,12-17H2,1H3. The number of para-hydroxylation sites is 1. The number of piperidine rings is 1. The molecule has 1 N–H and O–H groups in total. The van der Waals surface area contributed by atoms with Gasteiger partial charge in [-0.3, -0.25) is 14.5 Å². The van der Waals surface area contributed by atoms with Crippen LogP contribution in [0.5, 0.6) is 0 Å². The summed E-state index contributed by atoms with van der Waals surface area (Å²) in [5.74, 6) is 0.113. The number of hydrogen-bond acceptors (Lipinski definition) is 4. The predicted octanol–water partition coefficient (Wildman–Crippen LogP) is 3.54. The highest BCUT2D eigenvalue weighted by Crippen LogP contribution is 2.51. The Morgan fingerprint density at radius 1 is 0.914 bits per heavy atom. The highest BCUT2D eigenvalue weighted by molar-refractivity contribution is 6.12. The molecule has 0 aromatic heterocycles. The second kappa shape index (κ2) is 7.39. The molecule has 1 spiro atoms. The number of aliphatic hydroxyl groups excluding tert-OH is 1. The number of rotatable bonds is 2. The van der Waals surface area contributed by atoms with E-state index in [2.05, 4.69) is 29.2 Å². The summed E-state index contributed by atoms with van der Waals surface area (Å²) in [5.41, 5.74) is 3.44. The van der Waals surface area contributed by atoms with Crippen LogP contribution in [0, 0.1) is 0 Å². The minimum absolute atomic E-state index is 0.0359. The van der Waals surface area contributed by atoms with E-state index in [-0.39, 0.29) is 30.3 Å². The van der Waals surface area contributed by atoms with Crippen molar-refractivity contribution in [2.24, 2.45) is 0 Å². The van der Waals surface area contributed by atoms with Crippen molar-refractivity contribution < 1.29 is 14.7 Å². The van der Waals surface area contributed by atoms with Crippen molar-refractivity contribution in [2.75, 3.05) is 31.6 Å². The molecule has 178 valence electrons. The Morgan fingerprint density at radius 2 is 1.63 bits per heavy atom. The monoisotopic (exact) mass is 467 g/mol. The average molecular weight is 468 g/mol. The van der Waals surface area contributed by atoms with E-state index in [9.17, 15) is 14.7 Å². The van der Waals surface area contributed by atoms with E-state index in [1.807, 2.05) is 41.3 Å². The Labute approximate surface area is 204 Å². The fourth-order valence-electron chi connectivity index (χ4n) is 7.22. The van der Waals surface area contributed by atoms with Gasteiger partial charge in [0.25, 0.3) is 0 Å². The Bertz CT molecular complexity index is 1370. The minimum Gasteiger partial charge on any atom is -0.386 e. The fraction of sp³-hybridized carbons (Fsp3) is 0.379. The molecule has 35 heavy (non-hydrogen) atoms. The first kappa shape index (κ1) is 21.1. The van der Waals surface area contributed by atoms with Crippen LogP contribution in [0.15, 0.2) is 60.7 Å². The quantitative estimate of drug-likeness (QED) is 0.626. The van der Waals surface area contributed by atoms with E-state index in [0.717, 1.165) is 42.7 Å². The lowest BCUT2D eigenvalue weighted by molar-refractivity contribution is -0.128. The molecule has 2 fully saturated rings. The lowest BCUT2D eigenvalue weighted by Crippen LogP contribution is -2.51. The van der Waals surface area contributed by atoms with Crippen LogP contribution in [0.4, 0.5) is 5.69 Å². The molecule has 2 amide bonds. The molecule has 3 aromatic rings. The van der Waals surface area contributed by atoms with E-state index in [4.69, 9.17) is 0 Å². The highest BCUT2D eigenvalue weighted by atomic mass is 16.3. The lowest BCUT2D eigenvalue weighted by Gasteiger charge is -2.41. The van der Waals surface area contributed by atoms with Crippen LogP contribution in [0.2, 0.25) is 0 Å². The number of aliphatic hydroxyl groups is 1. The van der Waals surface area contributed by atoms with Crippen LogP contribution in [-0.2, 0) is 15.0 Å². The summed E-state index contributed by atoms with van der Waals surface area (Å²) in [4.78, 5) is 32.5. The Balaban J connectivity index is 1.16. The number of carbonyl (C=O) groups excluding carboxylic acids is 2. The zero-order valence-electron chi connectivity index (χ0n) is 19.9. The molecular weight excluding hydrogens is 438 g/mol. The van der Waals surface area contributed by atoms with Crippen molar-refractivity contribution in [3.63, 3.8) is 0 Å². The van der Waals surface area contributed by atoms with Crippen molar-refractivity contribution in [3.05, 3.63) is 77.4 Å². The largest absolute Gasteiger partial charge is 0.386 e. The number of fused-ring (bicyclic) bond motifs is 2. The van der Waals surface area contributed by atoms with E-state index in [1.165, 1.54) is 16.3 Å². The van der Waals surface area contributed by atoms with E-state index >= 15 is 0 Å². The molecular formula is C29H29N3O3. The summed E-state index contributed by atoms with van der Waals surface area (Å²) < 4.78 is 0. The summed E-state index contributed by atoms with van der Waals surface area (Å²) in [7, 11) is 1.79. The molecule has 6 heteroatoms. The summed E-state index contributed by atoms with van der Waals surface area (Å²) >= 11 is 0. The van der Waals surface area contributed by atoms with Crippen molar-refractivity contribution in [2.45, 2.75) is 42.9 Å². The number of hydrogen-bond donors (Lipinski definition) is 1. The van der Waals surface area contributed by atoms with Gasteiger partial charge in [0, 0.05) is 44.8 Å². The van der Waals surface area contributed by atoms with Gasteiger partial charge in [0.2, 0.25) is 11.8 Å². The van der Waals surface area contributed by atoms with Crippen molar-refractivity contribution in [1.82, 2.24) is 9.80 Å². The summed E-state index contributed by atoms with van der Waals surface area (Å²) in [6.45, 7) is 2.08. The third-order valence-electron chi connectivity index (χ3n) is 8.86. The van der Waals surface area contributed by atoms with E-state index in [0.29, 0.717) is 6.54 Å². The highest BCUT2D eigenvalue weighted by Gasteiger charge is 2.57. The summed E-state index contributed by atoms with van der Waals surface area (Å²) in [6, 6.07) is 20.6. The van der Waals surface area contributed by atoms with E-state index < -0.39 is 11.5 Å². The van der Waals surface area contributed by atoms with Gasteiger partial charge in [-0.1, -0.05) is 54.6 Å². The number of carbonyl (C=O) groups is 2. The molecule has 3 aromatic carbocycles. The average Bonchev–Trinajstić information content (AvgIpc) is 3.43. The predicted molar refractivity (Wildman–Crippen MR) is 134 cm³/mol. The SMILES string of the molecule is CN1CC2(CC1=O)C(=O)N(C1CCN(C3c4cccc5cccc(c45)C3O)CC1)c1ccccc12. The number of likely N-dealkylation sites (N-methyl/N-ethyl adjacent to an activating group) is 1. The molecule has 3 heterocycles. The smallest absolute Gasteiger partial charge is 0.240 e. The van der Waals surface area contributed by atoms with Gasteiger partial charge in [-0.2, -0.15) is 0 Å². The second-order valence-corrected chi connectivity index (χ2v) is 10.7. The van der Waals surface area contributed by atoms with Crippen LogP contribution in [0.25, 0.3) is 10.8 Å². The van der Waals surface area contributed by atoms with Crippen LogP contribution < -0.4 is 4.90 Å². The third-order valence-corrected chi connectivity index (χ3v) is 8.86. The van der Waals surface area contributed by atoms with Gasteiger partial charge in [-0.15, -0.1) is 0 Å². The van der Waals surface area contributed by atoms with Crippen LogP contribution in [0.1, 0.15) is 48.1 Å². The zero-order chi connectivity index (χ0) is 23.9. The molecule has 1 aliphatic carbocycles. The van der Waals surface area contributed by atoms with Gasteiger partial charge in [-0.25, -0.2) is 0 Å². The van der Waals surface area contributed by atoms with Gasteiger partial charge in [0.1, 0.15) is 5.41 Å². The molecule has 3 unspecified atom stereocenters. The maximum Gasteiger partial charge on any atom is 0.240 e. The summed E-state index contributed by atoms with van der Waals surface area (Å²) in [5, 5.41) is 13.6. The molecule has 4 aliphatic rings. The topological polar surface area (TPSA) is 64.1 Å². The molecule has 0 radical (unpaired) electrons. The lowest BCUT2D eigenvalue weighted by atomic mass is 9.81. The minimum atomic E-state index is -0.751. The van der Waals surface area contributed by atoms with Gasteiger partial charge < -0.3 is 14.9 Å². The number of benzene rings is 3. The van der Waals surface area contributed by atoms with Gasteiger partial charge >= 0.3 is 0 Å². The maximum absolute atomic E-state index is 13.9. The number of amides is 2. The molecule has 0 saturated carbocycles.